The SMILES string of the molecule is CCCCc1ccc(-c2ccc(-c3ccc(-c4ccc(-c5ccc(-c6ccc(-c7ccc(-c8ccccc8)s7)n6C)s5)c5nsnc45)s3)n2C)s1. The van der Waals surface area contributed by atoms with Gasteiger partial charge in [-0.25, -0.2) is 0 Å². The lowest BCUT2D eigenvalue weighted by atomic mass is 10.1. The highest BCUT2D eigenvalue weighted by Crippen LogP contribution is 2.44. The summed E-state index contributed by atoms with van der Waals surface area (Å²) in [6.45, 7) is 2.26. The Balaban J connectivity index is 0.979. The van der Waals surface area contributed by atoms with Crippen LogP contribution in [0.15, 0.2) is 115 Å². The molecule has 252 valence electrons. The van der Waals surface area contributed by atoms with Crippen LogP contribution in [0.2, 0.25) is 0 Å². The molecule has 2 aromatic carbocycles. The van der Waals surface area contributed by atoms with Gasteiger partial charge < -0.3 is 9.13 Å². The number of fused-ring (bicyclic) bond motifs is 1. The van der Waals surface area contributed by atoms with Gasteiger partial charge >= 0.3 is 0 Å². The molecule has 0 unspecified atom stereocenters. The summed E-state index contributed by atoms with van der Waals surface area (Å²) < 4.78 is 14.3. The number of aryl methyl sites for hydroxylation is 1. The van der Waals surface area contributed by atoms with Crippen LogP contribution in [0, 0.1) is 0 Å². The average molecular weight is 755 g/mol. The van der Waals surface area contributed by atoms with Crippen molar-refractivity contribution in [1.29, 1.82) is 0 Å². The van der Waals surface area contributed by atoms with Crippen LogP contribution in [0.25, 0.3) is 84.6 Å². The highest BCUT2D eigenvalue weighted by atomic mass is 32.1. The number of unbranched alkanes of at least 4 members (excludes halogenated alkanes) is 1. The zero-order valence-electron chi connectivity index (χ0n) is 28.4. The third kappa shape index (κ3) is 5.97. The number of hydrogen-bond donors (Lipinski definition) is 0. The summed E-state index contributed by atoms with van der Waals surface area (Å²) in [6, 6.07) is 42.1. The van der Waals surface area contributed by atoms with E-state index in [1.54, 1.807) is 0 Å². The molecule has 9 heteroatoms. The maximum atomic E-state index is 4.82. The number of nitrogens with zero attached hydrogens (tertiary/aromatic N) is 4. The Morgan fingerprint density at radius 3 is 1.45 bits per heavy atom. The van der Waals surface area contributed by atoms with Crippen molar-refractivity contribution in [3.63, 3.8) is 0 Å². The molecule has 0 aliphatic carbocycles. The van der Waals surface area contributed by atoms with Gasteiger partial charge in [-0.05, 0) is 91.2 Å². The molecule has 7 heterocycles. The second-order valence-corrected chi connectivity index (χ2v) is 17.6. The lowest BCUT2D eigenvalue weighted by Gasteiger charge is -2.06. The molecule has 0 aliphatic rings. The third-order valence-corrected chi connectivity index (χ3v) is 14.6. The average Bonchev–Trinajstić information content (AvgIpc) is 4.00. The van der Waals surface area contributed by atoms with Gasteiger partial charge in [-0.2, -0.15) is 8.75 Å². The highest BCUT2D eigenvalue weighted by molar-refractivity contribution is 7.20. The minimum Gasteiger partial charge on any atom is -0.342 e. The van der Waals surface area contributed by atoms with Crippen molar-refractivity contribution < 1.29 is 0 Å². The van der Waals surface area contributed by atoms with Gasteiger partial charge in [-0.3, -0.25) is 0 Å². The molecular formula is C42H34N4S5. The van der Waals surface area contributed by atoms with E-state index < -0.39 is 0 Å². The van der Waals surface area contributed by atoms with E-state index in [2.05, 4.69) is 145 Å². The van der Waals surface area contributed by atoms with Crippen molar-refractivity contribution in [3.8, 4) is 73.6 Å². The number of aromatic nitrogens is 4. The molecule has 4 nitrogen and oxygen atoms in total. The van der Waals surface area contributed by atoms with Gasteiger partial charge in [0.05, 0.1) is 54.0 Å². The molecule has 7 aromatic heterocycles. The van der Waals surface area contributed by atoms with Crippen LogP contribution in [-0.2, 0) is 20.5 Å². The van der Waals surface area contributed by atoms with E-state index in [4.69, 9.17) is 8.75 Å². The van der Waals surface area contributed by atoms with E-state index >= 15 is 0 Å². The lowest BCUT2D eigenvalue weighted by molar-refractivity contribution is 0.804. The van der Waals surface area contributed by atoms with Crippen LogP contribution < -0.4 is 0 Å². The summed E-state index contributed by atoms with van der Waals surface area (Å²) >= 11 is 8.69. The van der Waals surface area contributed by atoms with Crippen molar-refractivity contribution in [2.24, 2.45) is 14.1 Å². The molecule has 0 saturated heterocycles. The fraction of sp³-hybridized carbons (Fsp3) is 0.143. The number of benzene rings is 2. The lowest BCUT2D eigenvalue weighted by Crippen LogP contribution is -1.91. The van der Waals surface area contributed by atoms with E-state index in [1.165, 1.54) is 98.3 Å². The first kappa shape index (κ1) is 32.5. The Morgan fingerprint density at radius 2 is 0.922 bits per heavy atom. The van der Waals surface area contributed by atoms with Crippen molar-refractivity contribution >= 4 is 68.1 Å². The molecule has 0 amide bonds. The number of hydrogen-bond acceptors (Lipinski definition) is 7. The molecule has 0 atom stereocenters. The zero-order valence-corrected chi connectivity index (χ0v) is 32.5. The Hall–Kier alpha value is -4.38. The van der Waals surface area contributed by atoms with Crippen LogP contribution >= 0.6 is 57.1 Å². The van der Waals surface area contributed by atoms with Crippen molar-refractivity contribution in [2.75, 3.05) is 0 Å². The quantitative estimate of drug-likeness (QED) is 0.139. The van der Waals surface area contributed by atoms with Crippen molar-refractivity contribution in [1.82, 2.24) is 17.9 Å². The molecule has 51 heavy (non-hydrogen) atoms. The standard InChI is InChI=1S/C42H34N4S5/c1-4-5-11-27-12-19-37(47-27)30-15-16-32(45(30)2)39-24-21-35(49-39)28-13-14-29(42-41(28)43-51-44-42)36-22-25-40(50-36)33-18-17-31(46(33)3)38-23-20-34(48-38)26-9-7-6-8-10-26/h6-10,12-25H,4-5,11H2,1-3H3. The first-order valence-electron chi connectivity index (χ1n) is 17.1. The Kier molecular flexibility index (Phi) is 8.69. The fourth-order valence-corrected chi connectivity index (χ4v) is 11.7. The maximum Gasteiger partial charge on any atom is 0.114 e. The van der Waals surface area contributed by atoms with Gasteiger partial charge in [-0.15, -0.1) is 45.3 Å². The Labute approximate surface area is 317 Å². The molecule has 9 aromatic rings. The molecule has 0 fully saturated rings. The second kappa shape index (κ2) is 13.6. The summed E-state index contributed by atoms with van der Waals surface area (Å²) in [5.74, 6) is 0. The summed E-state index contributed by atoms with van der Waals surface area (Å²) in [4.78, 5) is 10.3. The van der Waals surface area contributed by atoms with Crippen LogP contribution in [-0.4, -0.2) is 17.9 Å². The second-order valence-electron chi connectivity index (χ2n) is 12.7. The smallest absolute Gasteiger partial charge is 0.114 e. The van der Waals surface area contributed by atoms with Crippen LogP contribution in [0.1, 0.15) is 24.6 Å². The van der Waals surface area contributed by atoms with Crippen LogP contribution in [0.4, 0.5) is 0 Å². The molecule has 0 N–H and O–H groups in total. The van der Waals surface area contributed by atoms with Crippen molar-refractivity contribution in [3.05, 3.63) is 120 Å². The first-order chi connectivity index (χ1) is 25.1. The monoisotopic (exact) mass is 754 g/mol. The van der Waals surface area contributed by atoms with E-state index in [0.29, 0.717) is 0 Å². The predicted octanol–water partition coefficient (Wildman–Crippen LogP) is 13.6. The third-order valence-electron chi connectivity index (χ3n) is 9.51. The molecule has 9 rings (SSSR count). The molecular weight excluding hydrogens is 721 g/mol. The highest BCUT2D eigenvalue weighted by Gasteiger charge is 2.19. The number of rotatable bonds is 10. The summed E-state index contributed by atoms with van der Waals surface area (Å²) in [6.07, 6.45) is 3.64. The molecule has 0 spiro atoms. The minimum atomic E-state index is 0.971. The van der Waals surface area contributed by atoms with Gasteiger partial charge in [0.15, 0.2) is 0 Å². The van der Waals surface area contributed by atoms with Gasteiger partial charge in [-0.1, -0.05) is 55.8 Å². The van der Waals surface area contributed by atoms with E-state index in [0.717, 1.165) is 22.2 Å². The van der Waals surface area contributed by atoms with Crippen LogP contribution in [0.3, 0.4) is 0 Å². The van der Waals surface area contributed by atoms with Crippen molar-refractivity contribution in [2.45, 2.75) is 26.2 Å². The maximum absolute atomic E-state index is 4.82. The van der Waals surface area contributed by atoms with Gasteiger partial charge in [0.2, 0.25) is 0 Å². The minimum absolute atomic E-state index is 0.971. The predicted molar refractivity (Wildman–Crippen MR) is 224 cm³/mol. The Bertz CT molecular complexity index is 2620. The zero-order chi connectivity index (χ0) is 34.5. The van der Waals surface area contributed by atoms with E-state index in [9.17, 15) is 0 Å². The van der Waals surface area contributed by atoms with Gasteiger partial charge in [0.1, 0.15) is 11.0 Å². The normalized spacial score (nSPS) is 11.7. The topological polar surface area (TPSA) is 35.6 Å². The fourth-order valence-electron chi connectivity index (χ4n) is 6.75. The molecule has 0 radical (unpaired) electrons. The Morgan fingerprint density at radius 1 is 0.471 bits per heavy atom. The summed E-state index contributed by atoms with van der Waals surface area (Å²) in [5.41, 5.74) is 10.4. The van der Waals surface area contributed by atoms with Gasteiger partial charge in [0.25, 0.3) is 0 Å². The molecule has 0 bridgehead atoms. The number of thiophene rings is 4. The molecule has 0 aliphatic heterocycles. The first-order valence-corrected chi connectivity index (χ1v) is 21.1. The van der Waals surface area contributed by atoms with Crippen LogP contribution in [0.5, 0.6) is 0 Å². The molecule has 0 saturated carbocycles. The van der Waals surface area contributed by atoms with E-state index in [1.807, 2.05) is 45.3 Å². The summed E-state index contributed by atoms with van der Waals surface area (Å²) in [5, 5.41) is 0. The largest absolute Gasteiger partial charge is 0.342 e. The van der Waals surface area contributed by atoms with Gasteiger partial charge in [0, 0.05) is 44.7 Å². The van der Waals surface area contributed by atoms with E-state index in [-0.39, 0.29) is 0 Å². The summed E-state index contributed by atoms with van der Waals surface area (Å²) in [7, 11) is 4.35.